The Labute approximate surface area is 183 Å². The van der Waals surface area contributed by atoms with Gasteiger partial charge >= 0.3 is 0 Å². The van der Waals surface area contributed by atoms with E-state index in [1.54, 1.807) is 18.2 Å². The first-order chi connectivity index (χ1) is 14.0. The van der Waals surface area contributed by atoms with Crippen LogP contribution in [0, 0.1) is 6.92 Å². The van der Waals surface area contributed by atoms with Crippen molar-refractivity contribution in [2.75, 3.05) is 0 Å². The van der Waals surface area contributed by atoms with Crippen LogP contribution in [0.4, 0.5) is 0 Å². The van der Waals surface area contributed by atoms with Crippen LogP contribution in [0.2, 0.25) is 15.1 Å². The number of rotatable bonds is 5. The van der Waals surface area contributed by atoms with E-state index in [0.29, 0.717) is 33.9 Å². The van der Waals surface area contributed by atoms with E-state index in [2.05, 4.69) is 10.1 Å². The highest BCUT2D eigenvalue weighted by Gasteiger charge is 2.13. The first-order valence-corrected chi connectivity index (χ1v) is 9.90. The van der Waals surface area contributed by atoms with Gasteiger partial charge in [0.05, 0.1) is 5.02 Å². The monoisotopic (exact) mass is 444 g/mol. The molecule has 4 aromatic rings. The molecular formula is C22H15Cl3N2O2. The van der Waals surface area contributed by atoms with E-state index in [-0.39, 0.29) is 0 Å². The molecule has 1 heterocycles. The molecule has 0 saturated carbocycles. The lowest BCUT2D eigenvalue weighted by Crippen LogP contribution is -1.95. The number of ether oxygens (including phenoxy) is 1. The van der Waals surface area contributed by atoms with Crippen molar-refractivity contribution in [3.63, 3.8) is 0 Å². The van der Waals surface area contributed by atoms with E-state index < -0.39 is 0 Å². The fraction of sp³-hybridized carbons (Fsp3) is 0.0909. The van der Waals surface area contributed by atoms with Crippen LogP contribution < -0.4 is 4.74 Å². The van der Waals surface area contributed by atoms with Gasteiger partial charge in [0.15, 0.2) is 0 Å². The van der Waals surface area contributed by atoms with Gasteiger partial charge < -0.3 is 9.26 Å². The first-order valence-electron chi connectivity index (χ1n) is 8.77. The second-order valence-corrected chi connectivity index (χ2v) is 7.69. The maximum absolute atomic E-state index is 6.22. The molecule has 1 aromatic heterocycles. The summed E-state index contributed by atoms with van der Waals surface area (Å²) >= 11 is 18.2. The Hall–Kier alpha value is -2.53. The number of benzene rings is 3. The van der Waals surface area contributed by atoms with Crippen LogP contribution in [0.1, 0.15) is 11.1 Å². The smallest absolute Gasteiger partial charge is 0.258 e. The maximum Gasteiger partial charge on any atom is 0.258 e. The largest absolute Gasteiger partial charge is 0.489 e. The second-order valence-electron chi connectivity index (χ2n) is 6.44. The number of nitrogens with zero attached hydrogens (tertiary/aromatic N) is 2. The number of halogens is 3. The minimum atomic E-state index is 0.409. The maximum atomic E-state index is 6.22. The van der Waals surface area contributed by atoms with E-state index in [4.69, 9.17) is 44.1 Å². The summed E-state index contributed by atoms with van der Waals surface area (Å²) in [7, 11) is 0. The highest BCUT2D eigenvalue weighted by molar-refractivity contribution is 6.36. The predicted octanol–water partition coefficient (Wildman–Crippen LogP) is 7.25. The highest BCUT2D eigenvalue weighted by atomic mass is 35.5. The summed E-state index contributed by atoms with van der Waals surface area (Å²) in [6, 6.07) is 18.5. The summed E-state index contributed by atoms with van der Waals surface area (Å²) in [6.07, 6.45) is 0. The summed E-state index contributed by atoms with van der Waals surface area (Å²) in [6.45, 7) is 2.39. The SMILES string of the molecule is Cc1cc(OCc2ccc(-c3nc(-c4ccc(Cl)cc4Cl)no3)cc2)ccc1Cl. The van der Waals surface area contributed by atoms with Gasteiger partial charge in [-0.05, 0) is 66.6 Å². The van der Waals surface area contributed by atoms with Crippen LogP contribution in [0.25, 0.3) is 22.8 Å². The Morgan fingerprint density at radius 1 is 0.897 bits per heavy atom. The first kappa shape index (κ1) is 19.8. The van der Waals surface area contributed by atoms with Gasteiger partial charge in [-0.3, -0.25) is 0 Å². The zero-order chi connectivity index (χ0) is 20.4. The van der Waals surface area contributed by atoms with Gasteiger partial charge in [0.25, 0.3) is 5.89 Å². The van der Waals surface area contributed by atoms with Crippen LogP contribution in [0.3, 0.4) is 0 Å². The Bertz CT molecular complexity index is 1160. The molecule has 0 radical (unpaired) electrons. The third-order valence-electron chi connectivity index (χ3n) is 4.33. The van der Waals surface area contributed by atoms with Crippen molar-refractivity contribution < 1.29 is 9.26 Å². The lowest BCUT2D eigenvalue weighted by atomic mass is 10.1. The van der Waals surface area contributed by atoms with E-state index in [0.717, 1.165) is 27.5 Å². The van der Waals surface area contributed by atoms with Crippen molar-refractivity contribution in [1.82, 2.24) is 10.1 Å². The molecule has 3 aromatic carbocycles. The molecule has 0 spiro atoms. The molecule has 0 fully saturated rings. The Morgan fingerprint density at radius 3 is 2.41 bits per heavy atom. The van der Waals surface area contributed by atoms with Gasteiger partial charge in [-0.1, -0.05) is 52.1 Å². The lowest BCUT2D eigenvalue weighted by molar-refractivity contribution is 0.306. The Kier molecular flexibility index (Phi) is 5.76. The number of hydrogen-bond donors (Lipinski definition) is 0. The molecule has 4 nitrogen and oxygen atoms in total. The summed E-state index contributed by atoms with van der Waals surface area (Å²) in [5.74, 6) is 1.59. The number of aromatic nitrogens is 2. The molecule has 0 aliphatic carbocycles. The Morgan fingerprint density at radius 2 is 1.69 bits per heavy atom. The average Bonchev–Trinajstić information content (AvgIpc) is 3.19. The zero-order valence-electron chi connectivity index (χ0n) is 15.3. The van der Waals surface area contributed by atoms with E-state index >= 15 is 0 Å². The molecule has 0 atom stereocenters. The number of hydrogen-bond acceptors (Lipinski definition) is 4. The van der Waals surface area contributed by atoms with Gasteiger partial charge in [0, 0.05) is 21.2 Å². The molecule has 146 valence electrons. The predicted molar refractivity (Wildman–Crippen MR) is 116 cm³/mol. The Balaban J connectivity index is 1.46. The molecule has 0 aliphatic heterocycles. The molecule has 0 saturated heterocycles. The van der Waals surface area contributed by atoms with Crippen LogP contribution in [-0.4, -0.2) is 10.1 Å². The summed E-state index contributed by atoms with van der Waals surface area (Å²) in [4.78, 5) is 4.43. The van der Waals surface area contributed by atoms with E-state index in [1.165, 1.54) is 0 Å². The summed E-state index contributed by atoms with van der Waals surface area (Å²) in [5, 5.41) is 5.76. The van der Waals surface area contributed by atoms with Crippen molar-refractivity contribution in [2.45, 2.75) is 13.5 Å². The van der Waals surface area contributed by atoms with E-state index in [9.17, 15) is 0 Å². The van der Waals surface area contributed by atoms with Crippen molar-refractivity contribution in [1.29, 1.82) is 0 Å². The van der Waals surface area contributed by atoms with Crippen LogP contribution in [0.5, 0.6) is 5.75 Å². The lowest BCUT2D eigenvalue weighted by Gasteiger charge is -2.08. The molecule has 29 heavy (non-hydrogen) atoms. The van der Waals surface area contributed by atoms with Crippen LogP contribution in [-0.2, 0) is 6.61 Å². The van der Waals surface area contributed by atoms with Gasteiger partial charge in [-0.15, -0.1) is 0 Å². The zero-order valence-corrected chi connectivity index (χ0v) is 17.6. The minimum absolute atomic E-state index is 0.409. The van der Waals surface area contributed by atoms with Gasteiger partial charge in [0.1, 0.15) is 12.4 Å². The fourth-order valence-electron chi connectivity index (χ4n) is 2.74. The van der Waals surface area contributed by atoms with Crippen molar-refractivity contribution in [2.24, 2.45) is 0 Å². The van der Waals surface area contributed by atoms with Crippen molar-refractivity contribution in [3.8, 4) is 28.6 Å². The molecular weight excluding hydrogens is 431 g/mol. The van der Waals surface area contributed by atoms with Crippen LogP contribution >= 0.6 is 34.8 Å². The molecule has 0 amide bonds. The molecule has 0 bridgehead atoms. The molecule has 0 N–H and O–H groups in total. The van der Waals surface area contributed by atoms with Gasteiger partial charge in [-0.2, -0.15) is 4.98 Å². The minimum Gasteiger partial charge on any atom is -0.489 e. The van der Waals surface area contributed by atoms with Gasteiger partial charge in [-0.25, -0.2) is 0 Å². The molecule has 0 unspecified atom stereocenters. The second kappa shape index (κ2) is 8.46. The summed E-state index contributed by atoms with van der Waals surface area (Å²) < 4.78 is 11.2. The van der Waals surface area contributed by atoms with E-state index in [1.807, 2.05) is 49.4 Å². The standard InChI is InChI=1S/C22H15Cl3N2O2/c1-13-10-17(7-9-19(13)24)28-12-14-2-4-15(5-3-14)22-26-21(27-29-22)18-8-6-16(23)11-20(18)25/h2-11H,12H2,1H3. The fourth-order valence-corrected chi connectivity index (χ4v) is 3.35. The molecule has 0 aliphatic rings. The normalized spacial score (nSPS) is 10.9. The average molecular weight is 446 g/mol. The molecule has 7 heteroatoms. The summed E-state index contributed by atoms with van der Waals surface area (Å²) in [5.41, 5.74) is 3.46. The van der Waals surface area contributed by atoms with Crippen molar-refractivity contribution >= 4 is 34.8 Å². The third-order valence-corrected chi connectivity index (χ3v) is 5.31. The van der Waals surface area contributed by atoms with Crippen molar-refractivity contribution in [3.05, 3.63) is 86.9 Å². The molecule has 4 rings (SSSR count). The van der Waals surface area contributed by atoms with Gasteiger partial charge in [0.2, 0.25) is 5.82 Å². The van der Waals surface area contributed by atoms with Crippen LogP contribution in [0.15, 0.2) is 65.2 Å². The highest BCUT2D eigenvalue weighted by Crippen LogP contribution is 2.30. The third kappa shape index (κ3) is 4.56. The quantitative estimate of drug-likeness (QED) is 0.324. The topological polar surface area (TPSA) is 48.2 Å². The number of aryl methyl sites for hydroxylation is 1.